The average Bonchev–Trinajstić information content (AvgIpc) is 3.07. The molecule has 1 amide bonds. The van der Waals surface area contributed by atoms with Gasteiger partial charge in [-0.2, -0.15) is 10.4 Å². The summed E-state index contributed by atoms with van der Waals surface area (Å²) < 4.78 is 2.50. The molecule has 3 heterocycles. The van der Waals surface area contributed by atoms with E-state index >= 15 is 0 Å². The third kappa shape index (κ3) is 3.28. The number of carboxylic acid groups (broad SMARTS) is 1. The monoisotopic (exact) mass is 474 g/mol. The van der Waals surface area contributed by atoms with Gasteiger partial charge in [0, 0.05) is 37.4 Å². The number of anilines is 1. The number of hydrogen-bond donors (Lipinski definition) is 1. The van der Waals surface area contributed by atoms with Crippen LogP contribution in [0.1, 0.15) is 5.69 Å². The Balaban J connectivity index is 1.60. The van der Waals surface area contributed by atoms with Crippen molar-refractivity contribution in [2.45, 2.75) is 0 Å². The molecule has 1 N–H and O–H groups in total. The van der Waals surface area contributed by atoms with Crippen molar-refractivity contribution >= 4 is 40.0 Å². The molecule has 1 fully saturated rings. The van der Waals surface area contributed by atoms with Gasteiger partial charge in [-0.05, 0) is 46.4 Å². The Labute approximate surface area is 168 Å². The molecule has 0 saturated carbocycles. The number of nitrogens with zero attached hydrogens (tertiary/aromatic N) is 6. The van der Waals surface area contributed by atoms with Crippen LogP contribution in [-0.2, 0) is 0 Å². The summed E-state index contributed by atoms with van der Waals surface area (Å²) in [6, 6.07) is 11.9. The van der Waals surface area contributed by atoms with Crippen molar-refractivity contribution in [3.63, 3.8) is 0 Å². The third-order valence-corrected chi connectivity index (χ3v) is 5.39. The number of hydrogen-bond acceptors (Lipinski definition) is 5. The summed E-state index contributed by atoms with van der Waals surface area (Å²) in [4.78, 5) is 18.9. The zero-order valence-electron chi connectivity index (χ0n) is 14.2. The Morgan fingerprint density at radius 3 is 2.52 bits per heavy atom. The maximum atomic E-state index is 11.0. The molecule has 0 spiro atoms. The molecule has 136 valence electrons. The predicted molar refractivity (Wildman–Crippen MR) is 108 cm³/mol. The Bertz CT molecular complexity index is 1050. The van der Waals surface area contributed by atoms with E-state index in [1.54, 1.807) is 10.7 Å². The van der Waals surface area contributed by atoms with Crippen LogP contribution < -0.4 is 4.90 Å². The van der Waals surface area contributed by atoms with E-state index in [1.165, 1.54) is 4.90 Å². The van der Waals surface area contributed by atoms with Gasteiger partial charge in [0.15, 0.2) is 11.3 Å². The van der Waals surface area contributed by atoms with Crippen molar-refractivity contribution in [1.29, 1.82) is 5.26 Å². The van der Waals surface area contributed by atoms with Crippen LogP contribution >= 0.6 is 22.6 Å². The summed E-state index contributed by atoms with van der Waals surface area (Å²) in [6.45, 7) is 2.31. The van der Waals surface area contributed by atoms with Crippen LogP contribution in [0.2, 0.25) is 0 Å². The molecule has 8 nitrogen and oxygen atoms in total. The van der Waals surface area contributed by atoms with Crippen molar-refractivity contribution in [1.82, 2.24) is 19.5 Å². The number of rotatable bonds is 2. The van der Waals surface area contributed by atoms with E-state index in [2.05, 4.69) is 43.6 Å². The highest BCUT2D eigenvalue weighted by Gasteiger charge is 2.20. The topological polar surface area (TPSA) is 97.8 Å². The molecule has 0 aliphatic carbocycles. The van der Waals surface area contributed by atoms with E-state index in [0.717, 1.165) is 20.5 Å². The van der Waals surface area contributed by atoms with Gasteiger partial charge in [-0.25, -0.2) is 14.3 Å². The summed E-state index contributed by atoms with van der Waals surface area (Å²) >= 11 is 2.13. The molecule has 4 rings (SSSR count). The number of benzene rings is 1. The number of carbonyl (C=O) groups is 1. The van der Waals surface area contributed by atoms with Gasteiger partial charge >= 0.3 is 6.09 Å². The highest BCUT2D eigenvalue weighted by Crippen LogP contribution is 2.27. The van der Waals surface area contributed by atoms with E-state index in [4.69, 9.17) is 5.11 Å². The van der Waals surface area contributed by atoms with Crippen LogP contribution in [0.4, 0.5) is 10.5 Å². The number of nitriles is 1. The second-order valence-corrected chi connectivity index (χ2v) is 7.28. The van der Waals surface area contributed by atoms with Gasteiger partial charge in [-0.1, -0.05) is 12.1 Å². The van der Waals surface area contributed by atoms with Crippen LogP contribution in [0.15, 0.2) is 36.5 Å². The first-order valence-corrected chi connectivity index (χ1v) is 9.42. The van der Waals surface area contributed by atoms with Crippen LogP contribution in [-0.4, -0.2) is 56.9 Å². The lowest BCUT2D eigenvalue weighted by molar-refractivity contribution is 0.142. The molecular formula is C18H15IN6O2. The number of piperazine rings is 1. The second-order valence-electron chi connectivity index (χ2n) is 6.17. The lowest BCUT2D eigenvalue weighted by Crippen LogP contribution is -2.48. The van der Waals surface area contributed by atoms with Gasteiger partial charge in [0.05, 0.1) is 6.20 Å². The summed E-state index contributed by atoms with van der Waals surface area (Å²) in [5.74, 6) is 0. The van der Waals surface area contributed by atoms with Crippen LogP contribution in [0, 0.1) is 15.0 Å². The maximum absolute atomic E-state index is 11.0. The van der Waals surface area contributed by atoms with Crippen molar-refractivity contribution in [3.05, 3.63) is 45.9 Å². The lowest BCUT2D eigenvalue weighted by atomic mass is 10.0. The Hall–Kier alpha value is -2.87. The Morgan fingerprint density at radius 2 is 1.89 bits per heavy atom. The van der Waals surface area contributed by atoms with Gasteiger partial charge in [0.2, 0.25) is 0 Å². The predicted octanol–water partition coefficient (Wildman–Crippen LogP) is 2.67. The first-order chi connectivity index (χ1) is 13.1. The van der Waals surface area contributed by atoms with Crippen molar-refractivity contribution in [2.75, 3.05) is 31.1 Å². The molecule has 9 heteroatoms. The molecule has 1 aromatic carbocycles. The molecule has 0 atom stereocenters. The fourth-order valence-electron chi connectivity index (χ4n) is 3.20. The van der Waals surface area contributed by atoms with Gasteiger partial charge in [-0.3, -0.25) is 0 Å². The minimum absolute atomic E-state index is 0.348. The number of fused-ring (bicyclic) bond motifs is 1. The van der Waals surface area contributed by atoms with Gasteiger partial charge in [0.1, 0.15) is 9.77 Å². The van der Waals surface area contributed by atoms with E-state index in [-0.39, 0.29) is 0 Å². The molecule has 0 bridgehead atoms. The molecule has 1 saturated heterocycles. The number of imidazole rings is 1. The zero-order valence-corrected chi connectivity index (χ0v) is 16.4. The zero-order chi connectivity index (χ0) is 19.0. The molecule has 0 unspecified atom stereocenters. The molecular weight excluding hydrogens is 459 g/mol. The summed E-state index contributed by atoms with van der Waals surface area (Å²) in [6.07, 6.45) is 0.846. The highest BCUT2D eigenvalue weighted by molar-refractivity contribution is 14.1. The van der Waals surface area contributed by atoms with Gasteiger partial charge < -0.3 is 14.9 Å². The van der Waals surface area contributed by atoms with Gasteiger partial charge in [-0.15, -0.1) is 0 Å². The summed E-state index contributed by atoms with van der Waals surface area (Å²) in [5, 5.41) is 22.9. The van der Waals surface area contributed by atoms with Crippen LogP contribution in [0.3, 0.4) is 0 Å². The molecule has 0 radical (unpaired) electrons. The Morgan fingerprint density at radius 1 is 1.19 bits per heavy atom. The number of halogens is 1. The molecule has 3 aromatic rings. The first kappa shape index (κ1) is 17.5. The number of aromatic nitrogens is 3. The SMILES string of the molecule is N#Cc1nn2c(I)cnc2cc1-c1ccc(N2CCN(C(=O)O)CC2)cc1. The van der Waals surface area contributed by atoms with Crippen molar-refractivity contribution < 1.29 is 9.90 Å². The Kier molecular flexibility index (Phi) is 4.57. The maximum Gasteiger partial charge on any atom is 0.407 e. The van der Waals surface area contributed by atoms with Crippen LogP contribution in [0.5, 0.6) is 0 Å². The third-order valence-electron chi connectivity index (χ3n) is 4.65. The second kappa shape index (κ2) is 7.03. The average molecular weight is 474 g/mol. The van der Waals surface area contributed by atoms with Gasteiger partial charge in [0.25, 0.3) is 0 Å². The standard InChI is InChI=1S/C18H15IN6O2/c19-16-11-21-17-9-14(15(10-20)22-25(16)17)12-1-3-13(4-2-12)23-5-7-24(8-6-23)18(26)27/h1-4,9,11H,5-8H2,(H,26,27). The molecule has 1 aliphatic rings. The fourth-order valence-corrected chi connectivity index (χ4v) is 3.69. The number of amides is 1. The lowest BCUT2D eigenvalue weighted by Gasteiger charge is -2.34. The molecule has 1 aliphatic heterocycles. The fraction of sp³-hybridized carbons (Fsp3) is 0.222. The van der Waals surface area contributed by atoms with E-state index in [1.807, 2.05) is 30.3 Å². The first-order valence-electron chi connectivity index (χ1n) is 8.34. The van der Waals surface area contributed by atoms with Crippen molar-refractivity contribution in [3.8, 4) is 17.2 Å². The normalized spacial score (nSPS) is 14.4. The van der Waals surface area contributed by atoms with E-state index in [9.17, 15) is 10.1 Å². The smallest absolute Gasteiger partial charge is 0.407 e. The summed E-state index contributed by atoms with van der Waals surface area (Å²) in [7, 11) is 0. The van der Waals surface area contributed by atoms with Crippen molar-refractivity contribution in [2.24, 2.45) is 0 Å². The highest BCUT2D eigenvalue weighted by atomic mass is 127. The molecule has 27 heavy (non-hydrogen) atoms. The van der Waals surface area contributed by atoms with Crippen LogP contribution in [0.25, 0.3) is 16.8 Å². The van der Waals surface area contributed by atoms with E-state index in [0.29, 0.717) is 37.5 Å². The minimum atomic E-state index is -0.870. The van der Waals surface area contributed by atoms with E-state index < -0.39 is 6.09 Å². The molecule has 2 aromatic heterocycles. The minimum Gasteiger partial charge on any atom is -0.465 e. The summed E-state index contributed by atoms with van der Waals surface area (Å²) in [5.41, 5.74) is 3.72. The quantitative estimate of drug-likeness (QED) is 0.574. The largest absolute Gasteiger partial charge is 0.465 e.